The molecule has 138 valence electrons. The highest BCUT2D eigenvalue weighted by molar-refractivity contribution is 5.89. The van der Waals surface area contributed by atoms with E-state index in [9.17, 15) is 4.79 Å². The van der Waals surface area contributed by atoms with E-state index < -0.39 is 5.97 Å². The zero-order chi connectivity index (χ0) is 19.2. The van der Waals surface area contributed by atoms with Crippen LogP contribution >= 0.6 is 0 Å². The smallest absolute Gasteiger partial charge is 0.336 e. The molecular weight excluding hydrogens is 324 g/mol. The van der Waals surface area contributed by atoms with E-state index in [1.54, 1.807) is 6.08 Å². The summed E-state index contributed by atoms with van der Waals surface area (Å²) in [5.41, 5.74) is 2.92. The molecule has 0 aliphatic carbocycles. The fourth-order valence-corrected chi connectivity index (χ4v) is 2.58. The van der Waals surface area contributed by atoms with E-state index in [1.807, 2.05) is 43.3 Å². The number of hydrogen-bond donors (Lipinski definition) is 0. The number of rotatable bonds is 6. The van der Waals surface area contributed by atoms with Crippen LogP contribution in [0.15, 0.2) is 48.5 Å². The van der Waals surface area contributed by atoms with Crippen molar-refractivity contribution in [3.63, 3.8) is 0 Å². The van der Waals surface area contributed by atoms with Gasteiger partial charge in [-0.15, -0.1) is 0 Å². The van der Waals surface area contributed by atoms with Crippen molar-refractivity contribution in [3.05, 3.63) is 65.2 Å². The van der Waals surface area contributed by atoms with E-state index in [0.29, 0.717) is 12.4 Å². The highest BCUT2D eigenvalue weighted by Gasteiger charge is 2.20. The number of esters is 1. The van der Waals surface area contributed by atoms with E-state index in [2.05, 4.69) is 33.8 Å². The zero-order valence-electron chi connectivity index (χ0n) is 16.3. The van der Waals surface area contributed by atoms with Crippen LogP contribution in [0, 0.1) is 6.92 Å². The fraction of sp³-hybridized carbons (Fsp3) is 0.348. The molecule has 0 radical (unpaired) electrons. The minimum atomic E-state index is -0.398. The minimum absolute atomic E-state index is 0.105. The van der Waals surface area contributed by atoms with E-state index in [1.165, 1.54) is 6.08 Å². The first-order chi connectivity index (χ1) is 12.3. The Morgan fingerprint density at radius 3 is 2.50 bits per heavy atom. The lowest BCUT2D eigenvalue weighted by molar-refractivity contribution is -0.128. The first-order valence-corrected chi connectivity index (χ1v) is 9.04. The van der Waals surface area contributed by atoms with Gasteiger partial charge in [-0.1, -0.05) is 63.6 Å². The van der Waals surface area contributed by atoms with Crippen LogP contribution in [0.5, 0.6) is 11.5 Å². The summed E-state index contributed by atoms with van der Waals surface area (Å²) in [7, 11) is 0. The summed E-state index contributed by atoms with van der Waals surface area (Å²) in [6, 6.07) is 13.5. The Morgan fingerprint density at radius 1 is 1.08 bits per heavy atom. The molecule has 0 heterocycles. The number of hydrogen-bond acceptors (Lipinski definition) is 3. The molecule has 3 nitrogen and oxygen atoms in total. The monoisotopic (exact) mass is 352 g/mol. The van der Waals surface area contributed by atoms with Gasteiger partial charge in [0.2, 0.25) is 0 Å². The molecule has 2 rings (SSSR count). The number of carbonyl (C=O) groups is 1. The van der Waals surface area contributed by atoms with E-state index in [-0.39, 0.29) is 5.41 Å². The maximum absolute atomic E-state index is 12.3. The molecule has 0 aliphatic heterocycles. The molecule has 0 fully saturated rings. The maximum Gasteiger partial charge on any atom is 0.336 e. The average molecular weight is 352 g/mol. The second-order valence-corrected chi connectivity index (χ2v) is 7.39. The zero-order valence-corrected chi connectivity index (χ0v) is 16.3. The lowest BCUT2D eigenvalue weighted by Gasteiger charge is -2.22. The largest absolute Gasteiger partial charge is 0.493 e. The molecule has 0 unspecified atom stereocenters. The Bertz CT molecular complexity index is 782. The van der Waals surface area contributed by atoms with Crippen LogP contribution in [0.25, 0.3) is 6.08 Å². The Hall–Kier alpha value is -2.55. The van der Waals surface area contributed by atoms with Gasteiger partial charge in [-0.05, 0) is 37.0 Å². The van der Waals surface area contributed by atoms with Crippen molar-refractivity contribution < 1.29 is 14.3 Å². The van der Waals surface area contributed by atoms with Gasteiger partial charge in [-0.25, -0.2) is 4.79 Å². The number of aryl methyl sites for hydroxylation is 1. The van der Waals surface area contributed by atoms with Crippen molar-refractivity contribution in [2.45, 2.75) is 46.5 Å². The predicted octanol–water partition coefficient (Wildman–Crippen LogP) is 5.70. The summed E-state index contributed by atoms with van der Waals surface area (Å²) in [5.74, 6) is 0.974. The number of benzene rings is 2. The van der Waals surface area contributed by atoms with Crippen molar-refractivity contribution in [1.29, 1.82) is 0 Å². The van der Waals surface area contributed by atoms with Crippen LogP contribution in [0.3, 0.4) is 0 Å². The van der Waals surface area contributed by atoms with Crippen molar-refractivity contribution in [1.82, 2.24) is 0 Å². The Labute approximate surface area is 156 Å². The van der Waals surface area contributed by atoms with Crippen molar-refractivity contribution >= 4 is 12.0 Å². The highest BCUT2D eigenvalue weighted by Crippen LogP contribution is 2.32. The first-order valence-electron chi connectivity index (χ1n) is 9.04. The van der Waals surface area contributed by atoms with Gasteiger partial charge in [0, 0.05) is 17.2 Å². The third-order valence-corrected chi connectivity index (χ3v) is 3.93. The minimum Gasteiger partial charge on any atom is -0.493 e. The first kappa shape index (κ1) is 19.8. The number of para-hydroxylation sites is 1. The van der Waals surface area contributed by atoms with Gasteiger partial charge in [-0.2, -0.15) is 0 Å². The summed E-state index contributed by atoms with van der Waals surface area (Å²) >= 11 is 0. The molecule has 2 aromatic carbocycles. The number of ether oxygens (including phenoxy) is 2. The normalized spacial score (nSPS) is 11.6. The summed E-state index contributed by atoms with van der Waals surface area (Å²) in [6.07, 6.45) is 4.11. The summed E-state index contributed by atoms with van der Waals surface area (Å²) < 4.78 is 11.3. The average Bonchev–Trinajstić information content (AvgIpc) is 2.59. The predicted molar refractivity (Wildman–Crippen MR) is 107 cm³/mol. The van der Waals surface area contributed by atoms with E-state index in [0.717, 1.165) is 28.9 Å². The summed E-state index contributed by atoms with van der Waals surface area (Å²) in [5, 5.41) is 0. The Kier molecular flexibility index (Phi) is 6.62. The second kappa shape index (κ2) is 8.70. The molecule has 0 amide bonds. The molecule has 3 heteroatoms. The van der Waals surface area contributed by atoms with Crippen LogP contribution in [-0.2, 0) is 10.2 Å². The second-order valence-electron chi connectivity index (χ2n) is 7.39. The summed E-state index contributed by atoms with van der Waals surface area (Å²) in [4.78, 5) is 12.3. The van der Waals surface area contributed by atoms with E-state index >= 15 is 0 Å². The molecule has 0 spiro atoms. The third kappa shape index (κ3) is 5.48. The van der Waals surface area contributed by atoms with Crippen LogP contribution in [-0.4, -0.2) is 12.6 Å². The van der Waals surface area contributed by atoms with Gasteiger partial charge < -0.3 is 9.47 Å². The molecule has 0 saturated heterocycles. The lowest BCUT2D eigenvalue weighted by Crippen LogP contribution is -2.15. The van der Waals surface area contributed by atoms with Gasteiger partial charge in [0.1, 0.15) is 11.5 Å². The molecule has 0 saturated carbocycles. The molecule has 0 bridgehead atoms. The SMILES string of the molecule is CCCOc1ccccc1/C=C/C(=O)Oc1ccc(C)cc1C(C)(C)C. The topological polar surface area (TPSA) is 35.5 Å². The summed E-state index contributed by atoms with van der Waals surface area (Å²) in [6.45, 7) is 11.1. The van der Waals surface area contributed by atoms with Crippen LogP contribution < -0.4 is 9.47 Å². The van der Waals surface area contributed by atoms with Gasteiger partial charge in [0.15, 0.2) is 0 Å². The van der Waals surface area contributed by atoms with Crippen LogP contribution in [0.1, 0.15) is 50.8 Å². The molecule has 0 atom stereocenters. The van der Waals surface area contributed by atoms with Crippen molar-refractivity contribution in [2.75, 3.05) is 6.61 Å². The van der Waals surface area contributed by atoms with Crippen molar-refractivity contribution in [2.24, 2.45) is 0 Å². The molecule has 0 aliphatic rings. The van der Waals surface area contributed by atoms with Gasteiger partial charge >= 0.3 is 5.97 Å². The van der Waals surface area contributed by atoms with Crippen LogP contribution in [0.4, 0.5) is 0 Å². The molecule has 26 heavy (non-hydrogen) atoms. The quantitative estimate of drug-likeness (QED) is 0.380. The molecule has 2 aromatic rings. The Balaban J connectivity index is 2.16. The highest BCUT2D eigenvalue weighted by atomic mass is 16.5. The lowest BCUT2D eigenvalue weighted by atomic mass is 9.85. The number of carbonyl (C=O) groups excluding carboxylic acids is 1. The molecule has 0 aromatic heterocycles. The third-order valence-electron chi connectivity index (χ3n) is 3.93. The van der Waals surface area contributed by atoms with Gasteiger partial charge in [0.25, 0.3) is 0 Å². The maximum atomic E-state index is 12.3. The van der Waals surface area contributed by atoms with Gasteiger partial charge in [0.05, 0.1) is 6.61 Å². The van der Waals surface area contributed by atoms with E-state index in [4.69, 9.17) is 9.47 Å². The standard InChI is InChI=1S/C23H28O3/c1-6-15-25-20-10-8-7-9-18(20)12-14-22(24)26-21-13-11-17(2)16-19(21)23(3,4)5/h7-14,16H,6,15H2,1-5H3/b14-12+. The van der Waals surface area contributed by atoms with Crippen LogP contribution in [0.2, 0.25) is 0 Å². The Morgan fingerprint density at radius 2 is 1.81 bits per heavy atom. The molecule has 0 N–H and O–H groups in total. The van der Waals surface area contributed by atoms with Gasteiger partial charge in [-0.3, -0.25) is 0 Å². The molecular formula is C23H28O3. The van der Waals surface area contributed by atoms with Crippen molar-refractivity contribution in [3.8, 4) is 11.5 Å². The fourth-order valence-electron chi connectivity index (χ4n) is 2.58.